The molecule has 0 spiro atoms. The summed E-state index contributed by atoms with van der Waals surface area (Å²) < 4.78 is 12.2. The number of para-hydroxylation sites is 2. The van der Waals surface area contributed by atoms with E-state index in [9.17, 15) is 14.9 Å². The van der Waals surface area contributed by atoms with E-state index in [0.717, 1.165) is 11.1 Å². The number of carbonyl (C=O) groups excluding carboxylic acids is 1. The Morgan fingerprint density at radius 3 is 2.59 bits per heavy atom. The van der Waals surface area contributed by atoms with Gasteiger partial charge in [0, 0.05) is 17.1 Å². The molecule has 4 aromatic rings. The van der Waals surface area contributed by atoms with Crippen LogP contribution in [0.1, 0.15) is 19.4 Å². The van der Waals surface area contributed by atoms with E-state index >= 15 is 0 Å². The summed E-state index contributed by atoms with van der Waals surface area (Å²) in [5.41, 5.74) is 1.37. The third-order valence-electron chi connectivity index (χ3n) is 4.64. The van der Waals surface area contributed by atoms with Crippen LogP contribution in [0.4, 0.5) is 0 Å². The molecule has 2 aromatic heterocycles. The van der Waals surface area contributed by atoms with Gasteiger partial charge in [-0.2, -0.15) is 10.4 Å². The molecular weight excluding hydrogens is 406 g/mol. The van der Waals surface area contributed by atoms with E-state index in [-0.39, 0.29) is 17.2 Å². The van der Waals surface area contributed by atoms with Crippen molar-refractivity contribution < 1.29 is 13.9 Å². The van der Waals surface area contributed by atoms with Crippen molar-refractivity contribution in [3.8, 4) is 23.0 Å². The molecule has 2 aromatic carbocycles. The van der Waals surface area contributed by atoms with E-state index < -0.39 is 11.6 Å². The average Bonchev–Trinajstić information content (AvgIpc) is 3.20. The Morgan fingerprint density at radius 1 is 1.16 bits per heavy atom. The minimum absolute atomic E-state index is 0.197. The second-order valence-electron chi connectivity index (χ2n) is 7.32. The first-order chi connectivity index (χ1) is 15.5. The van der Waals surface area contributed by atoms with Crippen LogP contribution >= 0.6 is 0 Å². The highest BCUT2D eigenvalue weighted by Crippen LogP contribution is 2.26. The van der Waals surface area contributed by atoms with Gasteiger partial charge in [0.1, 0.15) is 22.9 Å². The summed E-state index contributed by atoms with van der Waals surface area (Å²) in [5, 5.41) is 14.8. The molecule has 0 atom stereocenters. The van der Waals surface area contributed by atoms with Gasteiger partial charge in [-0.15, -0.1) is 0 Å². The van der Waals surface area contributed by atoms with Crippen molar-refractivity contribution in [2.24, 2.45) is 0 Å². The zero-order valence-electron chi connectivity index (χ0n) is 17.5. The maximum atomic E-state index is 12.8. The number of nitriles is 1. The topological polar surface area (TPSA) is 98.1 Å². The number of nitrogens with zero attached hydrogens (tertiary/aromatic N) is 3. The monoisotopic (exact) mass is 425 g/mol. The normalized spacial score (nSPS) is 11.5. The number of aromatic nitrogens is 2. The molecule has 0 radical (unpaired) electrons. The molecule has 0 fully saturated rings. The first-order valence-corrected chi connectivity index (χ1v) is 9.97. The molecule has 0 saturated heterocycles. The van der Waals surface area contributed by atoms with Gasteiger partial charge in [0.2, 0.25) is 0 Å². The Labute approximate surface area is 183 Å². The fraction of sp³-hybridized carbons (Fsp3) is 0.120. The van der Waals surface area contributed by atoms with E-state index in [0.29, 0.717) is 16.8 Å². The molecule has 0 amide bonds. The highest BCUT2D eigenvalue weighted by atomic mass is 16.5. The molecule has 0 bridgehead atoms. The minimum atomic E-state index is -0.744. The predicted octanol–water partition coefficient (Wildman–Crippen LogP) is 4.50. The molecule has 0 aliphatic rings. The van der Waals surface area contributed by atoms with Gasteiger partial charge in [-0.3, -0.25) is 0 Å². The van der Waals surface area contributed by atoms with Crippen molar-refractivity contribution >= 4 is 23.0 Å². The Kier molecular flexibility index (Phi) is 5.69. The molecule has 0 saturated carbocycles. The summed E-state index contributed by atoms with van der Waals surface area (Å²) in [6, 6.07) is 20.0. The van der Waals surface area contributed by atoms with Gasteiger partial charge in [0.25, 0.3) is 0 Å². The van der Waals surface area contributed by atoms with Crippen LogP contribution in [0.3, 0.4) is 0 Å². The van der Waals surface area contributed by atoms with Crippen molar-refractivity contribution in [2.45, 2.75) is 20.0 Å². The van der Waals surface area contributed by atoms with Gasteiger partial charge in [-0.1, -0.05) is 36.4 Å². The fourth-order valence-corrected chi connectivity index (χ4v) is 3.21. The number of ether oxygens (including phenoxy) is 1. The number of rotatable bonds is 5. The second kappa shape index (κ2) is 8.74. The van der Waals surface area contributed by atoms with Crippen LogP contribution in [0.25, 0.3) is 34.0 Å². The molecule has 0 aliphatic heterocycles. The van der Waals surface area contributed by atoms with Crippen LogP contribution in [0.2, 0.25) is 0 Å². The van der Waals surface area contributed by atoms with Crippen molar-refractivity contribution in [1.29, 1.82) is 5.26 Å². The maximum Gasteiger partial charge on any atom is 0.349 e. The number of carbonyl (C=O) groups is 1. The van der Waals surface area contributed by atoms with Crippen LogP contribution < -0.4 is 5.63 Å². The van der Waals surface area contributed by atoms with Crippen LogP contribution in [0, 0.1) is 11.3 Å². The number of hydrogen-bond donors (Lipinski definition) is 0. The molecule has 158 valence electrons. The highest BCUT2D eigenvalue weighted by Gasteiger charge is 2.19. The van der Waals surface area contributed by atoms with Crippen LogP contribution in [-0.4, -0.2) is 21.9 Å². The van der Waals surface area contributed by atoms with Crippen molar-refractivity contribution in [2.75, 3.05) is 0 Å². The summed E-state index contributed by atoms with van der Waals surface area (Å²) in [6.07, 6.45) is 2.65. The molecule has 0 unspecified atom stereocenters. The van der Waals surface area contributed by atoms with E-state index in [2.05, 4.69) is 5.10 Å². The first kappa shape index (κ1) is 20.8. The number of fused-ring (bicyclic) bond motifs is 1. The molecule has 7 nitrogen and oxygen atoms in total. The predicted molar refractivity (Wildman–Crippen MR) is 120 cm³/mol. The van der Waals surface area contributed by atoms with Gasteiger partial charge in [-0.25, -0.2) is 14.3 Å². The smallest absolute Gasteiger partial charge is 0.349 e. The minimum Gasteiger partial charge on any atom is -0.459 e. The Morgan fingerprint density at radius 2 is 1.88 bits per heavy atom. The maximum absolute atomic E-state index is 12.8. The lowest BCUT2D eigenvalue weighted by molar-refractivity contribution is -0.142. The molecule has 7 heteroatoms. The summed E-state index contributed by atoms with van der Waals surface area (Å²) in [5.74, 6) is -0.744. The SMILES string of the molecule is CC(C)OC(=O)/C(C#N)=C/c1cn(-c2ccccc2)nc1-c1cc2ccccc2oc1=O. The molecule has 0 N–H and O–H groups in total. The van der Waals surface area contributed by atoms with E-state index in [1.165, 1.54) is 6.08 Å². The third kappa shape index (κ3) is 4.20. The molecule has 32 heavy (non-hydrogen) atoms. The van der Waals surface area contributed by atoms with E-state index in [1.807, 2.05) is 48.5 Å². The summed E-state index contributed by atoms with van der Waals surface area (Å²) >= 11 is 0. The zero-order valence-corrected chi connectivity index (χ0v) is 17.5. The van der Waals surface area contributed by atoms with Crippen LogP contribution in [0.5, 0.6) is 0 Å². The standard InChI is InChI=1S/C25H19N3O4/c1-16(2)31-24(29)18(14-26)12-19-15-28(20-9-4-3-5-10-20)27-23(19)21-13-17-8-6-7-11-22(17)32-25(21)30/h3-13,15-16H,1-2H3/b18-12+. The van der Waals surface area contributed by atoms with E-state index in [1.54, 1.807) is 42.9 Å². The van der Waals surface area contributed by atoms with Gasteiger partial charge in [-0.05, 0) is 44.2 Å². The first-order valence-electron chi connectivity index (χ1n) is 9.97. The average molecular weight is 425 g/mol. The lowest BCUT2D eigenvalue weighted by Gasteiger charge is -2.06. The summed E-state index contributed by atoms with van der Waals surface area (Å²) in [7, 11) is 0. The number of esters is 1. The van der Waals surface area contributed by atoms with Crippen molar-refractivity contribution in [1.82, 2.24) is 9.78 Å². The number of benzene rings is 2. The van der Waals surface area contributed by atoms with Crippen LogP contribution in [0.15, 0.2) is 81.6 Å². The number of hydrogen-bond acceptors (Lipinski definition) is 6. The zero-order chi connectivity index (χ0) is 22.7. The highest BCUT2D eigenvalue weighted by molar-refractivity contribution is 5.99. The molecular formula is C25H19N3O4. The lowest BCUT2D eigenvalue weighted by atomic mass is 10.1. The third-order valence-corrected chi connectivity index (χ3v) is 4.64. The summed E-state index contributed by atoms with van der Waals surface area (Å²) in [6.45, 7) is 3.40. The quantitative estimate of drug-likeness (QED) is 0.202. The van der Waals surface area contributed by atoms with Gasteiger partial charge < -0.3 is 9.15 Å². The molecule has 4 rings (SSSR count). The molecule has 2 heterocycles. The Hall–Kier alpha value is -4.44. The van der Waals surface area contributed by atoms with Gasteiger partial charge in [0.15, 0.2) is 0 Å². The van der Waals surface area contributed by atoms with Crippen molar-refractivity contribution in [3.05, 3.63) is 88.4 Å². The lowest BCUT2D eigenvalue weighted by Crippen LogP contribution is -2.12. The Bertz CT molecular complexity index is 1420. The summed E-state index contributed by atoms with van der Waals surface area (Å²) in [4.78, 5) is 25.1. The van der Waals surface area contributed by atoms with E-state index in [4.69, 9.17) is 9.15 Å². The Balaban J connectivity index is 1.92. The van der Waals surface area contributed by atoms with Crippen LogP contribution in [-0.2, 0) is 9.53 Å². The fourth-order valence-electron chi connectivity index (χ4n) is 3.21. The van der Waals surface area contributed by atoms with Gasteiger partial charge in [0.05, 0.1) is 17.4 Å². The van der Waals surface area contributed by atoms with Crippen molar-refractivity contribution in [3.63, 3.8) is 0 Å². The second-order valence-corrected chi connectivity index (χ2v) is 7.32. The van der Waals surface area contributed by atoms with Gasteiger partial charge >= 0.3 is 11.6 Å². The molecule has 0 aliphatic carbocycles. The largest absolute Gasteiger partial charge is 0.459 e.